The Morgan fingerprint density at radius 1 is 1.15 bits per heavy atom. The lowest BCUT2D eigenvalue weighted by Crippen LogP contribution is -2.23. The summed E-state index contributed by atoms with van der Waals surface area (Å²) < 4.78 is 9.99. The highest BCUT2D eigenvalue weighted by atomic mass is 32.2. The molecule has 0 N–H and O–H groups in total. The molecule has 0 aliphatic heterocycles. The first-order chi connectivity index (χ1) is 16.0. The molecule has 0 amide bonds. The fraction of sp³-hybridized carbons (Fsp3) is 0.250. The molecule has 0 saturated heterocycles. The van der Waals surface area contributed by atoms with Gasteiger partial charge in [0.15, 0.2) is 20.5 Å². The van der Waals surface area contributed by atoms with E-state index in [2.05, 4.69) is 6.92 Å². The van der Waals surface area contributed by atoms with Gasteiger partial charge in [-0.3, -0.25) is 18.7 Å². The highest BCUT2D eigenvalue weighted by Gasteiger charge is 2.20. The largest absolute Gasteiger partial charge is 0.495 e. The number of Topliss-reactive ketones (excluding diaryl/α,β-unsaturated/α-hetero) is 1. The monoisotopic (exact) mass is 497 g/mol. The minimum atomic E-state index is -0.132. The number of ether oxygens (including phenoxy) is 1. The van der Waals surface area contributed by atoms with E-state index in [1.165, 1.54) is 23.1 Å². The zero-order chi connectivity index (χ0) is 23.4. The molecule has 2 heterocycles. The van der Waals surface area contributed by atoms with E-state index in [4.69, 9.17) is 21.9 Å². The number of nitrogens with zero attached hydrogens (tertiary/aromatic N) is 3. The Kier molecular flexibility index (Phi) is 7.42. The molecular weight excluding hydrogens is 474 g/mol. The zero-order valence-electron chi connectivity index (χ0n) is 18.3. The number of benzene rings is 2. The number of ketones is 1. The van der Waals surface area contributed by atoms with Crippen molar-refractivity contribution in [1.29, 1.82) is 0 Å². The van der Waals surface area contributed by atoms with Gasteiger partial charge in [-0.2, -0.15) is 0 Å². The summed E-state index contributed by atoms with van der Waals surface area (Å²) in [5.41, 5.74) is 1.72. The first kappa shape index (κ1) is 23.4. The molecule has 4 aromatic rings. The number of thiazole rings is 1. The highest BCUT2D eigenvalue weighted by molar-refractivity contribution is 7.99. The summed E-state index contributed by atoms with van der Waals surface area (Å²) in [6, 6.07) is 16.6. The van der Waals surface area contributed by atoms with Gasteiger partial charge in [-0.1, -0.05) is 78.9 Å². The fourth-order valence-corrected chi connectivity index (χ4v) is 5.67. The number of hydrogen-bond acceptors (Lipinski definition) is 7. The topological polar surface area (TPSA) is 66.1 Å². The molecule has 33 heavy (non-hydrogen) atoms. The molecule has 0 aliphatic rings. The van der Waals surface area contributed by atoms with Gasteiger partial charge >= 0.3 is 0 Å². The van der Waals surface area contributed by atoms with Gasteiger partial charge < -0.3 is 4.74 Å². The maximum Gasteiger partial charge on any atom is 0.273 e. The van der Waals surface area contributed by atoms with Crippen LogP contribution in [0.1, 0.15) is 30.1 Å². The Bertz CT molecular complexity index is 1410. The van der Waals surface area contributed by atoms with Gasteiger partial charge in [-0.05, 0) is 30.8 Å². The molecule has 2 aromatic carbocycles. The quantitative estimate of drug-likeness (QED) is 0.127. The molecule has 0 saturated carbocycles. The average molecular weight is 498 g/mol. The summed E-state index contributed by atoms with van der Waals surface area (Å²) in [6.07, 6.45) is 1.78. The van der Waals surface area contributed by atoms with Crippen molar-refractivity contribution in [1.82, 2.24) is 14.1 Å². The molecule has 4 rings (SSSR count). The van der Waals surface area contributed by atoms with Crippen molar-refractivity contribution in [3.8, 4) is 11.4 Å². The van der Waals surface area contributed by atoms with E-state index in [1.807, 2.05) is 42.5 Å². The van der Waals surface area contributed by atoms with Gasteiger partial charge in [-0.25, -0.2) is 4.98 Å². The SMILES string of the molecule is CCCCn1c(SCC(=O)c2ccccc2)nc2c(sc(=S)n2-c2ccccc2OC)c1=O. The molecule has 170 valence electrons. The summed E-state index contributed by atoms with van der Waals surface area (Å²) in [5.74, 6) is 0.816. The van der Waals surface area contributed by atoms with Gasteiger partial charge in [0, 0.05) is 12.1 Å². The number of hydrogen-bond donors (Lipinski definition) is 0. The predicted octanol–water partition coefficient (Wildman–Crippen LogP) is 5.76. The number of para-hydroxylation sites is 2. The van der Waals surface area contributed by atoms with Crippen LogP contribution in [-0.4, -0.2) is 32.8 Å². The van der Waals surface area contributed by atoms with Gasteiger partial charge in [0.1, 0.15) is 10.4 Å². The fourth-order valence-electron chi connectivity index (χ4n) is 3.46. The maximum absolute atomic E-state index is 13.5. The van der Waals surface area contributed by atoms with Crippen LogP contribution in [0.2, 0.25) is 0 Å². The van der Waals surface area contributed by atoms with Crippen LogP contribution in [0.5, 0.6) is 5.75 Å². The number of unbranched alkanes of at least 4 members (excludes halogenated alkanes) is 1. The summed E-state index contributed by atoms with van der Waals surface area (Å²) in [7, 11) is 1.60. The van der Waals surface area contributed by atoms with Crippen LogP contribution in [-0.2, 0) is 6.54 Å². The Balaban J connectivity index is 1.83. The van der Waals surface area contributed by atoms with Crippen molar-refractivity contribution in [2.75, 3.05) is 12.9 Å². The van der Waals surface area contributed by atoms with Crippen molar-refractivity contribution in [2.24, 2.45) is 0 Å². The van der Waals surface area contributed by atoms with Gasteiger partial charge in [0.2, 0.25) is 0 Å². The Labute approximate surface area is 204 Å². The van der Waals surface area contributed by atoms with Crippen molar-refractivity contribution >= 4 is 51.4 Å². The lowest BCUT2D eigenvalue weighted by Gasteiger charge is -2.13. The van der Waals surface area contributed by atoms with E-state index >= 15 is 0 Å². The highest BCUT2D eigenvalue weighted by Crippen LogP contribution is 2.30. The Hall–Kier alpha value is -2.75. The first-order valence-electron chi connectivity index (χ1n) is 10.6. The van der Waals surface area contributed by atoms with E-state index in [-0.39, 0.29) is 17.1 Å². The predicted molar refractivity (Wildman–Crippen MR) is 137 cm³/mol. The Morgan fingerprint density at radius 3 is 2.61 bits per heavy atom. The lowest BCUT2D eigenvalue weighted by molar-refractivity contribution is 0.102. The number of methoxy groups -OCH3 is 1. The molecule has 0 spiro atoms. The first-order valence-corrected chi connectivity index (χ1v) is 12.8. The molecule has 2 aromatic heterocycles. The number of aromatic nitrogens is 3. The third-order valence-corrected chi connectivity index (χ3v) is 7.48. The van der Waals surface area contributed by atoms with E-state index < -0.39 is 0 Å². The number of fused-ring (bicyclic) bond motifs is 1. The van der Waals surface area contributed by atoms with Gasteiger partial charge in [0.05, 0.1) is 18.6 Å². The molecule has 0 radical (unpaired) electrons. The summed E-state index contributed by atoms with van der Waals surface area (Å²) in [6.45, 7) is 2.62. The van der Waals surface area contributed by atoms with E-state index in [0.717, 1.165) is 18.5 Å². The van der Waals surface area contributed by atoms with Crippen molar-refractivity contribution < 1.29 is 9.53 Å². The lowest BCUT2D eigenvalue weighted by atomic mass is 10.2. The second-order valence-corrected chi connectivity index (χ2v) is 9.90. The molecule has 0 aliphatic carbocycles. The van der Waals surface area contributed by atoms with Crippen LogP contribution < -0.4 is 10.3 Å². The van der Waals surface area contributed by atoms with Gasteiger partial charge in [0.25, 0.3) is 5.56 Å². The van der Waals surface area contributed by atoms with Crippen LogP contribution in [0.4, 0.5) is 0 Å². The molecular formula is C24H23N3O3S3. The number of carbonyl (C=O) groups excluding carboxylic acids is 1. The molecule has 6 nitrogen and oxygen atoms in total. The zero-order valence-corrected chi connectivity index (χ0v) is 20.8. The molecule has 9 heteroatoms. The Morgan fingerprint density at radius 2 is 1.88 bits per heavy atom. The van der Waals surface area contributed by atoms with Crippen LogP contribution in [0.25, 0.3) is 16.0 Å². The van der Waals surface area contributed by atoms with Crippen LogP contribution in [0.3, 0.4) is 0 Å². The molecule has 0 bridgehead atoms. The third-order valence-electron chi connectivity index (χ3n) is 5.15. The smallest absolute Gasteiger partial charge is 0.273 e. The second kappa shape index (κ2) is 10.5. The van der Waals surface area contributed by atoms with Crippen LogP contribution in [0, 0.1) is 3.95 Å². The maximum atomic E-state index is 13.5. The second-order valence-electron chi connectivity index (χ2n) is 7.31. The average Bonchev–Trinajstić information content (AvgIpc) is 3.18. The van der Waals surface area contributed by atoms with E-state index in [1.54, 1.807) is 28.4 Å². The van der Waals surface area contributed by atoms with E-state index in [9.17, 15) is 9.59 Å². The number of carbonyl (C=O) groups is 1. The van der Waals surface area contributed by atoms with Crippen molar-refractivity contribution in [3.05, 3.63) is 74.5 Å². The minimum absolute atomic E-state index is 0.0103. The minimum Gasteiger partial charge on any atom is -0.495 e. The number of rotatable bonds is 9. The third kappa shape index (κ3) is 4.80. The van der Waals surface area contributed by atoms with Crippen molar-refractivity contribution in [2.45, 2.75) is 31.5 Å². The molecule has 0 atom stereocenters. The normalized spacial score (nSPS) is 11.1. The van der Waals surface area contributed by atoms with E-state index in [0.29, 0.717) is 37.3 Å². The summed E-state index contributed by atoms with van der Waals surface area (Å²) in [4.78, 5) is 31.0. The standard InChI is InChI=1S/C24H23N3O3S3/c1-3-4-14-26-22(29)20-21(25-23(26)32-15-18(28)16-10-6-5-7-11-16)27(24(31)33-20)17-12-8-9-13-19(17)30-2/h5-13H,3-4,14-15H2,1-2H3. The number of thioether (sulfide) groups is 1. The van der Waals surface area contributed by atoms with Gasteiger partial charge in [-0.15, -0.1) is 0 Å². The summed E-state index contributed by atoms with van der Waals surface area (Å²) in [5, 5.41) is 0.515. The summed E-state index contributed by atoms with van der Waals surface area (Å²) >= 11 is 8.15. The van der Waals surface area contributed by atoms with Crippen molar-refractivity contribution in [3.63, 3.8) is 0 Å². The van der Waals surface area contributed by atoms with Crippen LogP contribution >= 0.6 is 35.3 Å². The molecule has 0 unspecified atom stereocenters. The van der Waals surface area contributed by atoms with Crippen LogP contribution in [0.15, 0.2) is 64.5 Å². The molecule has 0 fully saturated rings.